The standard InChI is InChI=1S/C24H34N2O2S/c1-3-5-6-7-10-17-28-21-15-9-8-12-18(21)23-22-19(13-11-14-20(22)27)26(16-4-2)24(29)25-23/h8-9,12,15,23H,3-7,10-11,13-14,16-17H2,1-2H3,(H,25,29). The highest BCUT2D eigenvalue weighted by Crippen LogP contribution is 2.40. The molecule has 0 radical (unpaired) electrons. The number of thiocarbonyl (C=S) groups is 1. The quantitative estimate of drug-likeness (QED) is 0.394. The molecule has 1 aromatic rings. The molecule has 4 nitrogen and oxygen atoms in total. The minimum atomic E-state index is -0.213. The average molecular weight is 415 g/mol. The Hall–Kier alpha value is -1.88. The van der Waals surface area contributed by atoms with Crippen LogP contribution in [0.15, 0.2) is 35.5 Å². The highest BCUT2D eigenvalue weighted by Gasteiger charge is 2.37. The predicted octanol–water partition coefficient (Wildman–Crippen LogP) is 5.68. The number of allylic oxidation sites excluding steroid dienone is 1. The Morgan fingerprint density at radius 1 is 1.10 bits per heavy atom. The lowest BCUT2D eigenvalue weighted by Crippen LogP contribution is -2.49. The molecule has 0 spiro atoms. The van der Waals surface area contributed by atoms with Gasteiger partial charge in [-0.25, -0.2) is 0 Å². The van der Waals surface area contributed by atoms with Gasteiger partial charge in [0.15, 0.2) is 10.9 Å². The van der Waals surface area contributed by atoms with Gasteiger partial charge >= 0.3 is 0 Å². The lowest BCUT2D eigenvalue weighted by atomic mass is 9.84. The minimum Gasteiger partial charge on any atom is -0.493 e. The third-order valence-corrected chi connectivity index (χ3v) is 6.08. The second-order valence-electron chi connectivity index (χ2n) is 7.97. The summed E-state index contributed by atoms with van der Waals surface area (Å²) in [5, 5.41) is 4.18. The zero-order valence-corrected chi connectivity index (χ0v) is 18.7. The first-order chi connectivity index (χ1) is 14.2. The van der Waals surface area contributed by atoms with Gasteiger partial charge in [0.2, 0.25) is 0 Å². The van der Waals surface area contributed by atoms with Gasteiger partial charge < -0.3 is 15.0 Å². The predicted molar refractivity (Wildman–Crippen MR) is 122 cm³/mol. The van der Waals surface area contributed by atoms with Crippen LogP contribution in [0.5, 0.6) is 5.75 Å². The van der Waals surface area contributed by atoms with Crippen LogP contribution in [0.25, 0.3) is 0 Å². The Balaban J connectivity index is 1.83. The number of Topliss-reactive ketones (excluding diaryl/α,β-unsaturated/α-hetero) is 1. The van der Waals surface area contributed by atoms with Crippen LogP contribution in [0.2, 0.25) is 0 Å². The number of carbonyl (C=O) groups excluding carboxylic acids is 1. The smallest absolute Gasteiger partial charge is 0.173 e. The first kappa shape index (κ1) is 21.8. The summed E-state index contributed by atoms with van der Waals surface area (Å²) in [5.74, 6) is 1.10. The van der Waals surface area contributed by atoms with E-state index in [-0.39, 0.29) is 11.8 Å². The number of hydrogen-bond acceptors (Lipinski definition) is 3. The third kappa shape index (κ3) is 5.19. The highest BCUT2D eigenvalue weighted by molar-refractivity contribution is 7.80. The van der Waals surface area contributed by atoms with Crippen LogP contribution >= 0.6 is 12.2 Å². The fourth-order valence-corrected chi connectivity index (χ4v) is 4.60. The Kier molecular flexibility index (Phi) is 8.10. The molecule has 1 atom stereocenters. The van der Waals surface area contributed by atoms with E-state index in [2.05, 4.69) is 30.1 Å². The molecule has 0 aromatic heterocycles. The summed E-state index contributed by atoms with van der Waals surface area (Å²) in [7, 11) is 0. The van der Waals surface area contributed by atoms with Crippen LogP contribution in [0, 0.1) is 0 Å². The number of nitrogens with one attached hydrogen (secondary N) is 1. The van der Waals surface area contributed by atoms with Crippen LogP contribution in [-0.4, -0.2) is 28.9 Å². The molecule has 0 fully saturated rings. The molecule has 1 aliphatic carbocycles. The van der Waals surface area contributed by atoms with E-state index in [0.717, 1.165) is 59.9 Å². The summed E-state index contributed by atoms with van der Waals surface area (Å²) in [5.41, 5.74) is 3.02. The van der Waals surface area contributed by atoms with Crippen molar-refractivity contribution in [3.05, 3.63) is 41.1 Å². The van der Waals surface area contributed by atoms with Crippen molar-refractivity contribution in [2.45, 2.75) is 77.7 Å². The van der Waals surface area contributed by atoms with Crippen molar-refractivity contribution in [2.75, 3.05) is 13.2 Å². The number of unbranched alkanes of at least 4 members (excludes halogenated alkanes) is 4. The van der Waals surface area contributed by atoms with Gasteiger partial charge in [-0.1, -0.05) is 57.7 Å². The van der Waals surface area contributed by atoms with E-state index in [1.807, 2.05) is 18.2 Å². The van der Waals surface area contributed by atoms with Crippen molar-refractivity contribution in [3.8, 4) is 5.75 Å². The number of hydrogen-bond donors (Lipinski definition) is 1. The Morgan fingerprint density at radius 2 is 1.90 bits per heavy atom. The van der Waals surface area contributed by atoms with Crippen molar-refractivity contribution in [3.63, 3.8) is 0 Å². The molecule has 2 aliphatic rings. The molecule has 1 aromatic carbocycles. The summed E-state index contributed by atoms with van der Waals surface area (Å²) in [6.45, 7) is 5.93. The van der Waals surface area contributed by atoms with Gasteiger partial charge in [-0.05, 0) is 44.0 Å². The number of ketones is 1. The van der Waals surface area contributed by atoms with Crippen LogP contribution in [0.3, 0.4) is 0 Å². The zero-order valence-electron chi connectivity index (χ0n) is 17.8. The zero-order chi connectivity index (χ0) is 20.6. The maximum Gasteiger partial charge on any atom is 0.173 e. The van der Waals surface area contributed by atoms with Crippen molar-refractivity contribution >= 4 is 23.1 Å². The number of carbonyl (C=O) groups is 1. The van der Waals surface area contributed by atoms with Crippen LogP contribution in [-0.2, 0) is 4.79 Å². The van der Waals surface area contributed by atoms with Gasteiger partial charge in [-0.2, -0.15) is 0 Å². The average Bonchev–Trinajstić information content (AvgIpc) is 2.73. The molecule has 1 N–H and O–H groups in total. The van der Waals surface area contributed by atoms with E-state index in [1.165, 1.54) is 25.7 Å². The summed E-state index contributed by atoms with van der Waals surface area (Å²) in [6, 6.07) is 7.88. The summed E-state index contributed by atoms with van der Waals surface area (Å²) >= 11 is 5.70. The number of para-hydroxylation sites is 1. The lowest BCUT2D eigenvalue weighted by molar-refractivity contribution is -0.116. The molecule has 0 saturated carbocycles. The number of ether oxygens (including phenoxy) is 1. The van der Waals surface area contributed by atoms with Gasteiger partial charge in [-0.15, -0.1) is 0 Å². The molecule has 0 bridgehead atoms. The Morgan fingerprint density at radius 3 is 2.69 bits per heavy atom. The SMILES string of the molecule is CCCCCCCOc1ccccc1C1NC(=S)N(CCC)C2=C1C(=O)CCC2. The molecule has 1 heterocycles. The second kappa shape index (κ2) is 10.8. The minimum absolute atomic E-state index is 0.213. The number of benzene rings is 1. The van der Waals surface area contributed by atoms with Crippen LogP contribution in [0.1, 0.15) is 83.2 Å². The van der Waals surface area contributed by atoms with Crippen LogP contribution in [0.4, 0.5) is 0 Å². The van der Waals surface area contributed by atoms with E-state index in [0.29, 0.717) is 13.0 Å². The van der Waals surface area contributed by atoms with Crippen molar-refractivity contribution in [1.29, 1.82) is 0 Å². The molecule has 3 rings (SSSR count). The Bertz CT molecular complexity index is 759. The first-order valence-corrected chi connectivity index (χ1v) is 11.6. The van der Waals surface area contributed by atoms with Gasteiger partial charge in [0.05, 0.1) is 12.6 Å². The summed E-state index contributed by atoms with van der Waals surface area (Å²) in [6.07, 6.45) is 9.48. The second-order valence-corrected chi connectivity index (χ2v) is 8.36. The van der Waals surface area contributed by atoms with Gasteiger partial charge in [-0.3, -0.25) is 4.79 Å². The van der Waals surface area contributed by atoms with Crippen molar-refractivity contribution in [1.82, 2.24) is 10.2 Å². The number of nitrogens with zero attached hydrogens (tertiary/aromatic N) is 1. The Labute approximate surface area is 180 Å². The monoisotopic (exact) mass is 414 g/mol. The van der Waals surface area contributed by atoms with E-state index in [9.17, 15) is 4.79 Å². The van der Waals surface area contributed by atoms with E-state index >= 15 is 0 Å². The summed E-state index contributed by atoms with van der Waals surface area (Å²) < 4.78 is 6.16. The lowest BCUT2D eigenvalue weighted by Gasteiger charge is -2.41. The maximum absolute atomic E-state index is 12.9. The first-order valence-electron chi connectivity index (χ1n) is 11.2. The van der Waals surface area contributed by atoms with E-state index in [4.69, 9.17) is 17.0 Å². The van der Waals surface area contributed by atoms with Gasteiger partial charge in [0.25, 0.3) is 0 Å². The molecule has 5 heteroatoms. The van der Waals surface area contributed by atoms with Crippen LogP contribution < -0.4 is 10.1 Å². The maximum atomic E-state index is 12.9. The third-order valence-electron chi connectivity index (χ3n) is 5.74. The summed E-state index contributed by atoms with van der Waals surface area (Å²) in [4.78, 5) is 15.1. The molecule has 1 unspecified atom stereocenters. The molecule has 1 aliphatic heterocycles. The normalized spacial score (nSPS) is 19.2. The number of rotatable bonds is 10. The van der Waals surface area contributed by atoms with Gasteiger partial charge in [0.1, 0.15) is 5.75 Å². The van der Waals surface area contributed by atoms with E-state index in [1.54, 1.807) is 0 Å². The molecule has 29 heavy (non-hydrogen) atoms. The van der Waals surface area contributed by atoms with Crippen molar-refractivity contribution in [2.24, 2.45) is 0 Å². The molecular formula is C24H34N2O2S. The molecule has 0 saturated heterocycles. The fourth-order valence-electron chi connectivity index (χ4n) is 4.28. The topological polar surface area (TPSA) is 41.6 Å². The molecule has 0 amide bonds. The molecular weight excluding hydrogens is 380 g/mol. The van der Waals surface area contributed by atoms with Gasteiger partial charge in [0, 0.05) is 29.8 Å². The van der Waals surface area contributed by atoms with Crippen molar-refractivity contribution < 1.29 is 9.53 Å². The highest BCUT2D eigenvalue weighted by atomic mass is 32.1. The molecule has 158 valence electrons. The van der Waals surface area contributed by atoms with E-state index < -0.39 is 0 Å². The fraction of sp³-hybridized carbons (Fsp3) is 0.583. The largest absolute Gasteiger partial charge is 0.493 e.